The number of hydrogen-bond acceptors (Lipinski definition) is 4. The first-order valence-corrected chi connectivity index (χ1v) is 8.20. The van der Waals surface area contributed by atoms with Crippen LogP contribution in [0.25, 0.3) is 0 Å². The second-order valence-corrected chi connectivity index (χ2v) is 6.67. The van der Waals surface area contributed by atoms with Crippen molar-refractivity contribution < 1.29 is 12.8 Å². The average molecular weight is 308 g/mol. The van der Waals surface area contributed by atoms with Crippen LogP contribution in [0.3, 0.4) is 0 Å². The Balaban J connectivity index is 2.14. The molecule has 2 rings (SSSR count). The summed E-state index contributed by atoms with van der Waals surface area (Å²) in [5.74, 6) is 0.380. The van der Waals surface area contributed by atoms with Gasteiger partial charge in [0.15, 0.2) is 0 Å². The van der Waals surface area contributed by atoms with Crippen molar-refractivity contribution in [1.29, 1.82) is 0 Å². The molecule has 5 nitrogen and oxygen atoms in total. The van der Waals surface area contributed by atoms with E-state index in [1.807, 2.05) is 4.90 Å². The van der Waals surface area contributed by atoms with Crippen molar-refractivity contribution in [3.05, 3.63) is 23.6 Å². The Morgan fingerprint density at radius 3 is 2.53 bits per heavy atom. The lowest BCUT2D eigenvalue weighted by Gasteiger charge is -2.34. The molecule has 0 unspecified atom stereocenters. The lowest BCUT2D eigenvalue weighted by atomic mass is 10.2. The van der Waals surface area contributed by atoms with Gasteiger partial charge in [0.25, 0.3) is 0 Å². The second-order valence-electron chi connectivity index (χ2n) is 4.42. The molecule has 0 spiro atoms. The minimum atomic E-state index is -3.15. The van der Waals surface area contributed by atoms with Crippen LogP contribution < -0.4 is 4.90 Å². The van der Waals surface area contributed by atoms with Gasteiger partial charge >= 0.3 is 0 Å². The van der Waals surface area contributed by atoms with Crippen LogP contribution in [0.2, 0.25) is 0 Å². The van der Waals surface area contributed by atoms with Crippen LogP contribution in [0.4, 0.5) is 10.2 Å². The van der Waals surface area contributed by atoms with Gasteiger partial charge in [-0.1, -0.05) is 0 Å². The number of aromatic nitrogens is 1. The SMILES string of the molecule is CS(=O)(=O)N1CCN(c2ncc(F)cc2CCl)CC1. The third kappa shape index (κ3) is 3.34. The van der Waals surface area contributed by atoms with E-state index in [-0.39, 0.29) is 5.88 Å². The van der Waals surface area contributed by atoms with Crippen LogP contribution in [0.1, 0.15) is 5.56 Å². The molecule has 0 N–H and O–H groups in total. The number of anilines is 1. The van der Waals surface area contributed by atoms with Gasteiger partial charge in [-0.15, -0.1) is 11.6 Å². The molecule has 1 aliphatic rings. The van der Waals surface area contributed by atoms with Gasteiger partial charge in [-0.3, -0.25) is 0 Å². The zero-order valence-corrected chi connectivity index (χ0v) is 12.1. The summed E-state index contributed by atoms with van der Waals surface area (Å²) in [7, 11) is -3.15. The first kappa shape index (κ1) is 14.5. The smallest absolute Gasteiger partial charge is 0.211 e. The topological polar surface area (TPSA) is 53.5 Å². The molecule has 2 heterocycles. The zero-order valence-electron chi connectivity index (χ0n) is 10.5. The van der Waals surface area contributed by atoms with Crippen LogP contribution in [0.5, 0.6) is 0 Å². The minimum absolute atomic E-state index is 0.173. The third-order valence-corrected chi connectivity index (χ3v) is 4.65. The molecule has 8 heteroatoms. The minimum Gasteiger partial charge on any atom is -0.354 e. The summed E-state index contributed by atoms with van der Waals surface area (Å²) in [6.07, 6.45) is 2.34. The molecule has 1 fully saturated rings. The second kappa shape index (κ2) is 5.60. The zero-order chi connectivity index (χ0) is 14.0. The van der Waals surface area contributed by atoms with Crippen LogP contribution in [-0.2, 0) is 15.9 Å². The molecule has 106 valence electrons. The Kier molecular flexibility index (Phi) is 4.27. The maximum Gasteiger partial charge on any atom is 0.211 e. The van der Waals surface area contributed by atoms with Gasteiger partial charge in [0.1, 0.15) is 11.6 Å². The van der Waals surface area contributed by atoms with E-state index in [0.29, 0.717) is 37.6 Å². The molecular weight excluding hydrogens is 293 g/mol. The number of sulfonamides is 1. The first-order valence-electron chi connectivity index (χ1n) is 5.82. The molecule has 0 atom stereocenters. The lowest BCUT2D eigenvalue weighted by Crippen LogP contribution is -2.48. The van der Waals surface area contributed by atoms with Gasteiger partial charge in [0.05, 0.1) is 18.3 Å². The molecule has 0 radical (unpaired) electrons. The first-order chi connectivity index (χ1) is 8.91. The molecule has 0 bridgehead atoms. The molecule has 0 amide bonds. The van der Waals surface area contributed by atoms with E-state index >= 15 is 0 Å². The van der Waals surface area contributed by atoms with Crippen LogP contribution >= 0.6 is 11.6 Å². The van der Waals surface area contributed by atoms with E-state index in [9.17, 15) is 12.8 Å². The highest BCUT2D eigenvalue weighted by molar-refractivity contribution is 7.88. The fraction of sp³-hybridized carbons (Fsp3) is 0.545. The average Bonchev–Trinajstić information content (AvgIpc) is 2.37. The number of piperazine rings is 1. The predicted octanol–water partition coefficient (Wildman–Crippen LogP) is 1.04. The summed E-state index contributed by atoms with van der Waals surface area (Å²) >= 11 is 5.78. The van der Waals surface area contributed by atoms with Crippen molar-refractivity contribution in [2.24, 2.45) is 0 Å². The van der Waals surface area contributed by atoms with Crippen LogP contribution in [0.15, 0.2) is 12.3 Å². The van der Waals surface area contributed by atoms with Crippen molar-refractivity contribution >= 4 is 27.4 Å². The summed E-state index contributed by atoms with van der Waals surface area (Å²) in [6, 6.07) is 1.36. The highest BCUT2D eigenvalue weighted by Gasteiger charge is 2.25. The monoisotopic (exact) mass is 307 g/mol. The van der Waals surface area contributed by atoms with Crippen molar-refractivity contribution in [2.75, 3.05) is 37.3 Å². The summed E-state index contributed by atoms with van der Waals surface area (Å²) in [4.78, 5) is 5.99. The molecular formula is C11H15ClFN3O2S. The Labute approximate surface area is 117 Å². The quantitative estimate of drug-likeness (QED) is 0.783. The summed E-state index contributed by atoms with van der Waals surface area (Å²) in [5.41, 5.74) is 0.620. The van der Waals surface area contributed by atoms with Crippen molar-refractivity contribution in [1.82, 2.24) is 9.29 Å². The molecule has 0 aromatic carbocycles. The van der Waals surface area contributed by atoms with E-state index in [0.717, 1.165) is 6.20 Å². The fourth-order valence-corrected chi connectivity index (χ4v) is 3.11. The normalized spacial score (nSPS) is 17.7. The number of nitrogens with zero attached hydrogens (tertiary/aromatic N) is 3. The van der Waals surface area contributed by atoms with Gasteiger partial charge in [-0.2, -0.15) is 4.31 Å². The fourth-order valence-electron chi connectivity index (χ4n) is 2.09. The largest absolute Gasteiger partial charge is 0.354 e. The summed E-state index contributed by atoms with van der Waals surface area (Å²) in [6.45, 7) is 1.85. The van der Waals surface area contributed by atoms with Crippen molar-refractivity contribution in [2.45, 2.75) is 5.88 Å². The molecule has 1 aromatic rings. The number of rotatable bonds is 3. The van der Waals surface area contributed by atoms with Gasteiger partial charge < -0.3 is 4.90 Å². The van der Waals surface area contributed by atoms with Gasteiger partial charge in [0, 0.05) is 31.7 Å². The van der Waals surface area contributed by atoms with Gasteiger partial charge in [-0.25, -0.2) is 17.8 Å². The van der Waals surface area contributed by atoms with Crippen molar-refractivity contribution in [3.63, 3.8) is 0 Å². The molecule has 1 saturated heterocycles. The highest BCUT2D eigenvalue weighted by Crippen LogP contribution is 2.22. The van der Waals surface area contributed by atoms with E-state index in [2.05, 4.69) is 4.98 Å². The molecule has 0 saturated carbocycles. The van der Waals surface area contributed by atoms with Crippen LogP contribution in [0, 0.1) is 5.82 Å². The van der Waals surface area contributed by atoms with Crippen LogP contribution in [-0.4, -0.2) is 50.1 Å². The standard InChI is InChI=1S/C11H15ClFN3O2S/c1-19(17,18)16-4-2-15(3-5-16)11-9(7-12)6-10(13)8-14-11/h6,8H,2-5,7H2,1H3. The van der Waals surface area contributed by atoms with Gasteiger partial charge in [-0.05, 0) is 6.07 Å². The molecule has 19 heavy (non-hydrogen) atoms. The molecule has 0 aliphatic carbocycles. The predicted molar refractivity (Wildman–Crippen MR) is 72.4 cm³/mol. The molecule has 1 aliphatic heterocycles. The summed E-state index contributed by atoms with van der Waals surface area (Å²) < 4.78 is 37.4. The van der Waals surface area contributed by atoms with E-state index in [1.54, 1.807) is 0 Å². The Morgan fingerprint density at radius 1 is 1.37 bits per heavy atom. The van der Waals surface area contributed by atoms with E-state index in [4.69, 9.17) is 11.6 Å². The number of hydrogen-bond donors (Lipinski definition) is 0. The maximum atomic E-state index is 13.1. The number of alkyl halides is 1. The maximum absolute atomic E-state index is 13.1. The Bertz CT molecular complexity index is 559. The number of pyridine rings is 1. The Morgan fingerprint density at radius 2 is 2.00 bits per heavy atom. The lowest BCUT2D eigenvalue weighted by molar-refractivity contribution is 0.386. The Hall–Kier alpha value is -0.920. The molecule has 1 aromatic heterocycles. The van der Waals surface area contributed by atoms with E-state index in [1.165, 1.54) is 16.6 Å². The van der Waals surface area contributed by atoms with Crippen molar-refractivity contribution in [3.8, 4) is 0 Å². The van der Waals surface area contributed by atoms with Gasteiger partial charge in [0.2, 0.25) is 10.0 Å². The summed E-state index contributed by atoms with van der Waals surface area (Å²) in [5, 5.41) is 0. The third-order valence-electron chi connectivity index (χ3n) is 3.06. The van der Waals surface area contributed by atoms with E-state index < -0.39 is 15.8 Å². The highest BCUT2D eigenvalue weighted by atomic mass is 35.5. The number of halogens is 2.